The summed E-state index contributed by atoms with van der Waals surface area (Å²) in [5, 5.41) is 9.73. The Bertz CT molecular complexity index is 800. The lowest BCUT2D eigenvalue weighted by Gasteiger charge is -2.36. The lowest BCUT2D eigenvalue weighted by atomic mass is 9.65. The van der Waals surface area contributed by atoms with Gasteiger partial charge in [-0.25, -0.2) is 0 Å². The molecule has 3 fully saturated rings. The number of aliphatic hydroxyl groups excluding tert-OH is 1. The first-order chi connectivity index (χ1) is 16.4. The van der Waals surface area contributed by atoms with Gasteiger partial charge in [-0.15, -0.1) is 13.2 Å². The number of nitrogens with zero attached hydrogens (tertiary/aromatic N) is 2. The van der Waals surface area contributed by atoms with Gasteiger partial charge in [0.05, 0.1) is 24.7 Å². The first kappa shape index (κ1) is 26.4. The minimum Gasteiger partial charge on any atom is -0.465 e. The predicted molar refractivity (Wildman–Crippen MR) is 128 cm³/mol. The lowest BCUT2D eigenvalue weighted by molar-refractivity contribution is -0.162. The van der Waals surface area contributed by atoms with Crippen LogP contribution >= 0.6 is 0 Å². The molecule has 1 spiro atoms. The van der Waals surface area contributed by atoms with Crippen LogP contribution in [0.3, 0.4) is 0 Å². The molecule has 2 unspecified atom stereocenters. The molecular formula is C26H40N2O6. The SMILES string of the molecule is C=CCCOC(=O)[C@H]1[C@H]2C(=O)N(CCO)C(C(=O)N(CC=C)CCCCC)C23CC[C@]1(CC)O3. The van der Waals surface area contributed by atoms with E-state index in [-0.39, 0.29) is 31.6 Å². The predicted octanol–water partition coefficient (Wildman–Crippen LogP) is 2.46. The van der Waals surface area contributed by atoms with E-state index in [4.69, 9.17) is 9.47 Å². The van der Waals surface area contributed by atoms with E-state index in [1.165, 1.54) is 4.90 Å². The zero-order valence-corrected chi connectivity index (χ0v) is 20.7. The summed E-state index contributed by atoms with van der Waals surface area (Å²) in [6, 6.07) is -0.877. The van der Waals surface area contributed by atoms with E-state index >= 15 is 0 Å². The minimum absolute atomic E-state index is 0.0189. The number of aliphatic hydroxyl groups is 1. The first-order valence-electron chi connectivity index (χ1n) is 12.7. The van der Waals surface area contributed by atoms with Crippen LogP contribution in [0.4, 0.5) is 0 Å². The maximum atomic E-state index is 14.0. The third-order valence-corrected chi connectivity index (χ3v) is 7.77. The summed E-state index contributed by atoms with van der Waals surface area (Å²) >= 11 is 0. The Balaban J connectivity index is 1.99. The van der Waals surface area contributed by atoms with Crippen LogP contribution in [-0.2, 0) is 23.9 Å². The van der Waals surface area contributed by atoms with Gasteiger partial charge in [-0.3, -0.25) is 14.4 Å². The van der Waals surface area contributed by atoms with E-state index in [9.17, 15) is 19.5 Å². The number of likely N-dealkylation sites (tertiary alicyclic amines) is 1. The van der Waals surface area contributed by atoms with Crippen LogP contribution in [-0.4, -0.2) is 82.8 Å². The van der Waals surface area contributed by atoms with Crippen molar-refractivity contribution in [3.05, 3.63) is 25.3 Å². The van der Waals surface area contributed by atoms with E-state index in [2.05, 4.69) is 20.1 Å². The molecule has 0 aliphatic carbocycles. The molecule has 2 bridgehead atoms. The van der Waals surface area contributed by atoms with Crippen molar-refractivity contribution < 1.29 is 29.0 Å². The monoisotopic (exact) mass is 476 g/mol. The smallest absolute Gasteiger partial charge is 0.312 e. The van der Waals surface area contributed by atoms with Crippen molar-refractivity contribution in [3.8, 4) is 0 Å². The summed E-state index contributed by atoms with van der Waals surface area (Å²) in [5.74, 6) is -2.52. The standard InChI is InChI=1S/C26H40N2O6/c1-5-9-11-15-27(14-7-3)23(31)21-26-13-12-25(8-4,34-26)20(24(32)33-18-10-6-2)19(26)22(30)28(21)16-17-29/h6-7,19-21,29H,2-3,5,8-18H2,1,4H3/t19-,20+,21?,25-,26?/m0/s1. The number of fused-ring (bicyclic) bond motifs is 1. The highest BCUT2D eigenvalue weighted by atomic mass is 16.6. The zero-order valence-electron chi connectivity index (χ0n) is 20.7. The third-order valence-electron chi connectivity index (χ3n) is 7.77. The van der Waals surface area contributed by atoms with Gasteiger partial charge in [-0.05, 0) is 32.1 Å². The molecule has 0 radical (unpaired) electrons. The third kappa shape index (κ3) is 4.31. The van der Waals surface area contributed by atoms with Gasteiger partial charge in [0.1, 0.15) is 17.6 Å². The number of rotatable bonds is 14. The van der Waals surface area contributed by atoms with Crippen LogP contribution in [0.1, 0.15) is 58.8 Å². The first-order valence-corrected chi connectivity index (χ1v) is 12.7. The fourth-order valence-electron chi connectivity index (χ4n) is 6.21. The topological polar surface area (TPSA) is 96.4 Å². The number of carbonyl (C=O) groups excluding carboxylic acids is 3. The zero-order chi connectivity index (χ0) is 24.9. The summed E-state index contributed by atoms with van der Waals surface area (Å²) in [7, 11) is 0. The number of hydrogen-bond acceptors (Lipinski definition) is 6. The Morgan fingerprint density at radius 1 is 1.26 bits per heavy atom. The van der Waals surface area contributed by atoms with Crippen molar-refractivity contribution >= 4 is 17.8 Å². The molecule has 0 saturated carbocycles. The molecule has 2 amide bonds. The van der Waals surface area contributed by atoms with Crippen molar-refractivity contribution in [2.45, 2.75) is 76.0 Å². The van der Waals surface area contributed by atoms with Gasteiger partial charge >= 0.3 is 5.97 Å². The summed E-state index contributed by atoms with van der Waals surface area (Å²) < 4.78 is 12.2. The van der Waals surface area contributed by atoms with Crippen molar-refractivity contribution in [3.63, 3.8) is 0 Å². The summed E-state index contributed by atoms with van der Waals surface area (Å²) in [6.07, 6.45) is 8.41. The second-order valence-electron chi connectivity index (χ2n) is 9.61. The summed E-state index contributed by atoms with van der Waals surface area (Å²) in [5.41, 5.74) is -1.91. The van der Waals surface area contributed by atoms with Gasteiger partial charge in [0.15, 0.2) is 0 Å². The molecule has 0 aromatic carbocycles. The van der Waals surface area contributed by atoms with Gasteiger partial charge in [-0.2, -0.15) is 0 Å². The largest absolute Gasteiger partial charge is 0.465 e. The van der Waals surface area contributed by atoms with Crippen molar-refractivity contribution in [2.75, 3.05) is 32.8 Å². The Morgan fingerprint density at radius 3 is 2.65 bits per heavy atom. The molecule has 8 nitrogen and oxygen atoms in total. The van der Waals surface area contributed by atoms with Gasteiger partial charge < -0.3 is 24.4 Å². The van der Waals surface area contributed by atoms with Gasteiger partial charge in [0.2, 0.25) is 11.8 Å². The normalized spacial score (nSPS) is 31.4. The summed E-state index contributed by atoms with van der Waals surface area (Å²) in [4.78, 5) is 44.1. The van der Waals surface area contributed by atoms with Gasteiger partial charge in [-0.1, -0.05) is 38.8 Å². The molecule has 3 heterocycles. The maximum absolute atomic E-state index is 14.0. The van der Waals surface area contributed by atoms with Crippen molar-refractivity contribution in [1.82, 2.24) is 9.80 Å². The molecule has 1 N–H and O–H groups in total. The van der Waals surface area contributed by atoms with Crippen LogP contribution in [0.25, 0.3) is 0 Å². The number of ether oxygens (including phenoxy) is 2. The second-order valence-corrected chi connectivity index (χ2v) is 9.61. The van der Waals surface area contributed by atoms with Gasteiger partial charge in [0.25, 0.3) is 0 Å². The maximum Gasteiger partial charge on any atom is 0.312 e. The highest BCUT2D eigenvalue weighted by Crippen LogP contribution is 2.64. The lowest BCUT2D eigenvalue weighted by Crippen LogP contribution is -2.56. The number of amides is 2. The number of esters is 1. The Kier molecular flexibility index (Phi) is 8.57. The van der Waals surface area contributed by atoms with E-state index in [0.717, 1.165) is 19.3 Å². The Labute approximate surface area is 202 Å². The molecule has 3 rings (SSSR count). The molecular weight excluding hydrogens is 436 g/mol. The van der Waals surface area contributed by atoms with Crippen LogP contribution in [0, 0.1) is 11.8 Å². The second kappa shape index (κ2) is 11.0. The van der Waals surface area contributed by atoms with Crippen molar-refractivity contribution in [2.24, 2.45) is 11.8 Å². The van der Waals surface area contributed by atoms with Crippen molar-refractivity contribution in [1.29, 1.82) is 0 Å². The summed E-state index contributed by atoms with van der Waals surface area (Å²) in [6.45, 7) is 12.4. The number of β-amino-alcohol motifs (C(OH)–C–C–N with tert-alkyl or cyclic N) is 1. The fraction of sp³-hybridized carbons (Fsp3) is 0.731. The highest BCUT2D eigenvalue weighted by Gasteiger charge is 2.79. The highest BCUT2D eigenvalue weighted by molar-refractivity contribution is 5.98. The van der Waals surface area contributed by atoms with Crippen LogP contribution in [0.15, 0.2) is 25.3 Å². The molecule has 190 valence electrons. The van der Waals surface area contributed by atoms with E-state index in [1.807, 2.05) is 6.92 Å². The molecule has 0 aromatic rings. The number of carbonyl (C=O) groups is 3. The minimum atomic E-state index is -1.09. The van der Waals surface area contributed by atoms with Crippen LogP contribution < -0.4 is 0 Å². The molecule has 0 aromatic heterocycles. The van der Waals surface area contributed by atoms with Crippen LogP contribution in [0.2, 0.25) is 0 Å². The molecule has 3 aliphatic heterocycles. The average molecular weight is 477 g/mol. The number of hydrogen-bond donors (Lipinski definition) is 1. The van der Waals surface area contributed by atoms with Gasteiger partial charge in [0, 0.05) is 19.6 Å². The van der Waals surface area contributed by atoms with Crippen LogP contribution in [0.5, 0.6) is 0 Å². The molecule has 3 aliphatic rings. The number of unbranched alkanes of at least 4 members (excludes halogenated alkanes) is 2. The van der Waals surface area contributed by atoms with E-state index in [1.54, 1.807) is 17.1 Å². The Morgan fingerprint density at radius 2 is 2.03 bits per heavy atom. The van der Waals surface area contributed by atoms with E-state index in [0.29, 0.717) is 38.8 Å². The van der Waals surface area contributed by atoms with E-state index < -0.39 is 35.0 Å². The molecule has 5 atom stereocenters. The average Bonchev–Trinajstić information content (AvgIpc) is 3.42. The fourth-order valence-corrected chi connectivity index (χ4v) is 6.21. The molecule has 8 heteroatoms. The Hall–Kier alpha value is -2.19. The molecule has 3 saturated heterocycles. The molecule has 34 heavy (non-hydrogen) atoms. The quantitative estimate of drug-likeness (QED) is 0.235.